The van der Waals surface area contributed by atoms with E-state index >= 15 is 0 Å². The third-order valence-electron chi connectivity index (χ3n) is 4.51. The second-order valence-electron chi connectivity index (χ2n) is 6.40. The molecule has 5 nitrogen and oxygen atoms in total. The summed E-state index contributed by atoms with van der Waals surface area (Å²) in [6.07, 6.45) is 4.85. The molecule has 134 valence electrons. The lowest BCUT2D eigenvalue weighted by molar-refractivity contribution is -0.133. The quantitative estimate of drug-likeness (QED) is 0.855. The van der Waals surface area contributed by atoms with E-state index in [1.807, 2.05) is 17.0 Å². The van der Waals surface area contributed by atoms with Crippen LogP contribution in [0.2, 0.25) is 5.02 Å². The highest BCUT2D eigenvalue weighted by Crippen LogP contribution is 2.22. The van der Waals surface area contributed by atoms with Crippen LogP contribution in [0.1, 0.15) is 31.9 Å². The lowest BCUT2D eigenvalue weighted by Crippen LogP contribution is -2.47. The molecule has 6 heteroatoms. The number of carbonyl (C=O) groups is 1. The second-order valence-corrected chi connectivity index (χ2v) is 6.83. The van der Waals surface area contributed by atoms with Crippen LogP contribution >= 0.6 is 11.6 Å². The van der Waals surface area contributed by atoms with E-state index in [1.165, 1.54) is 0 Å². The molecular formula is C19H24ClN3O2. The average molecular weight is 362 g/mol. The predicted octanol–water partition coefficient (Wildman–Crippen LogP) is 3.53. The maximum Gasteiger partial charge on any atom is 0.228 e. The van der Waals surface area contributed by atoms with E-state index in [9.17, 15) is 4.79 Å². The van der Waals surface area contributed by atoms with Crippen molar-refractivity contribution in [2.75, 3.05) is 19.6 Å². The Hall–Kier alpha value is -1.85. The Kier molecular flexibility index (Phi) is 6.10. The topological polar surface area (TPSA) is 58.4 Å². The Morgan fingerprint density at radius 3 is 2.72 bits per heavy atom. The lowest BCUT2D eigenvalue weighted by atomic mass is 10.0. The Labute approximate surface area is 153 Å². The summed E-state index contributed by atoms with van der Waals surface area (Å²) in [6.45, 7) is 4.85. The minimum atomic E-state index is 0.129. The number of nitrogens with zero attached hydrogens (tertiary/aromatic N) is 2. The van der Waals surface area contributed by atoms with Gasteiger partial charge in [0.05, 0.1) is 12.1 Å². The molecule has 0 radical (unpaired) electrons. The molecule has 3 rings (SSSR count). The molecule has 0 aliphatic carbocycles. The van der Waals surface area contributed by atoms with Gasteiger partial charge in [0.15, 0.2) is 0 Å². The zero-order valence-electron chi connectivity index (χ0n) is 14.5. The van der Waals surface area contributed by atoms with E-state index in [4.69, 9.17) is 16.0 Å². The van der Waals surface area contributed by atoms with Crippen LogP contribution in [-0.4, -0.2) is 41.5 Å². The molecule has 1 aromatic heterocycles. The number of rotatable bonds is 6. The first-order valence-electron chi connectivity index (χ1n) is 8.88. The van der Waals surface area contributed by atoms with Crippen molar-refractivity contribution in [1.82, 2.24) is 15.2 Å². The first-order valence-corrected chi connectivity index (χ1v) is 9.25. The molecule has 1 amide bonds. The molecule has 0 unspecified atom stereocenters. The summed E-state index contributed by atoms with van der Waals surface area (Å²) < 4.78 is 5.54. The van der Waals surface area contributed by atoms with Crippen molar-refractivity contribution in [3.8, 4) is 11.5 Å². The molecule has 2 aromatic rings. The Balaban J connectivity index is 1.67. The summed E-state index contributed by atoms with van der Waals surface area (Å²) in [6, 6.07) is 7.64. The lowest BCUT2D eigenvalue weighted by Gasteiger charge is -2.34. The molecule has 1 aromatic carbocycles. The van der Waals surface area contributed by atoms with E-state index < -0.39 is 0 Å². The third kappa shape index (κ3) is 4.61. The van der Waals surface area contributed by atoms with E-state index in [2.05, 4.69) is 17.2 Å². The summed E-state index contributed by atoms with van der Waals surface area (Å²) in [5.74, 6) is 0.646. The largest absolute Gasteiger partial charge is 0.444 e. The maximum atomic E-state index is 12.8. The smallest absolute Gasteiger partial charge is 0.228 e. The van der Waals surface area contributed by atoms with Crippen molar-refractivity contribution in [2.24, 2.45) is 0 Å². The van der Waals surface area contributed by atoms with Gasteiger partial charge in [0.2, 0.25) is 11.8 Å². The van der Waals surface area contributed by atoms with Gasteiger partial charge in [-0.3, -0.25) is 4.79 Å². The maximum absolute atomic E-state index is 12.8. The van der Waals surface area contributed by atoms with Crippen LogP contribution < -0.4 is 5.32 Å². The number of nitrogens with one attached hydrogen (secondary N) is 1. The molecule has 1 fully saturated rings. The number of halogens is 1. The Morgan fingerprint density at radius 2 is 2.04 bits per heavy atom. The fraction of sp³-hybridized carbons (Fsp3) is 0.474. The molecule has 25 heavy (non-hydrogen) atoms. The molecule has 0 saturated carbocycles. The van der Waals surface area contributed by atoms with Crippen molar-refractivity contribution in [3.63, 3.8) is 0 Å². The standard InChI is InChI=1S/C19H24ClN3O2/c1-2-11-23(17-7-9-21-10-8-17)18(24)12-16-13-25-19(22-16)14-3-5-15(20)6-4-14/h3-6,13,17,21H,2,7-12H2,1H3. The van der Waals surface area contributed by atoms with Crippen LogP contribution in [0.15, 0.2) is 34.9 Å². The van der Waals surface area contributed by atoms with Crippen LogP contribution in [0.5, 0.6) is 0 Å². The normalized spacial score (nSPS) is 15.3. The van der Waals surface area contributed by atoms with Gasteiger partial charge in [-0.1, -0.05) is 18.5 Å². The van der Waals surface area contributed by atoms with Gasteiger partial charge >= 0.3 is 0 Å². The van der Waals surface area contributed by atoms with Gasteiger partial charge in [0.1, 0.15) is 6.26 Å². The van der Waals surface area contributed by atoms with Crippen molar-refractivity contribution >= 4 is 17.5 Å². The number of piperidine rings is 1. The summed E-state index contributed by atoms with van der Waals surface area (Å²) in [4.78, 5) is 19.3. The molecule has 1 saturated heterocycles. The Bertz CT molecular complexity index is 693. The zero-order chi connectivity index (χ0) is 17.6. The van der Waals surface area contributed by atoms with Gasteiger partial charge < -0.3 is 14.6 Å². The molecule has 2 heterocycles. The number of carbonyl (C=O) groups excluding carboxylic acids is 1. The van der Waals surface area contributed by atoms with Gasteiger partial charge in [-0.2, -0.15) is 0 Å². The predicted molar refractivity (Wildman–Crippen MR) is 98.5 cm³/mol. The molecule has 0 spiro atoms. The van der Waals surface area contributed by atoms with Crippen LogP contribution in [0, 0.1) is 0 Å². The van der Waals surface area contributed by atoms with Gasteiger partial charge in [-0.25, -0.2) is 4.98 Å². The molecule has 1 aliphatic rings. The highest BCUT2D eigenvalue weighted by atomic mass is 35.5. The number of hydrogen-bond donors (Lipinski definition) is 1. The summed E-state index contributed by atoms with van der Waals surface area (Å²) in [5, 5.41) is 4.02. The minimum absolute atomic E-state index is 0.129. The van der Waals surface area contributed by atoms with Crippen molar-refractivity contribution in [1.29, 1.82) is 0 Å². The van der Waals surface area contributed by atoms with E-state index in [0.717, 1.165) is 44.5 Å². The van der Waals surface area contributed by atoms with E-state index in [-0.39, 0.29) is 12.3 Å². The van der Waals surface area contributed by atoms with E-state index in [1.54, 1.807) is 18.4 Å². The van der Waals surface area contributed by atoms with Crippen LogP contribution in [0.25, 0.3) is 11.5 Å². The average Bonchev–Trinajstić information content (AvgIpc) is 3.09. The van der Waals surface area contributed by atoms with E-state index in [0.29, 0.717) is 22.6 Å². The minimum Gasteiger partial charge on any atom is -0.444 e. The van der Waals surface area contributed by atoms with Crippen LogP contribution in [-0.2, 0) is 11.2 Å². The summed E-state index contributed by atoms with van der Waals surface area (Å²) in [5.41, 5.74) is 1.52. The van der Waals surface area contributed by atoms with Gasteiger partial charge in [0, 0.05) is 23.2 Å². The van der Waals surface area contributed by atoms with Crippen LogP contribution in [0.4, 0.5) is 0 Å². The fourth-order valence-electron chi connectivity index (χ4n) is 3.24. The molecule has 0 atom stereocenters. The summed E-state index contributed by atoms with van der Waals surface area (Å²) in [7, 11) is 0. The number of oxazole rings is 1. The van der Waals surface area contributed by atoms with Gasteiger partial charge in [-0.05, 0) is 56.6 Å². The van der Waals surface area contributed by atoms with Crippen molar-refractivity contribution in [2.45, 2.75) is 38.6 Å². The first kappa shape index (κ1) is 18.0. The Morgan fingerprint density at radius 1 is 1.32 bits per heavy atom. The molecule has 1 N–H and O–H groups in total. The number of benzene rings is 1. The van der Waals surface area contributed by atoms with Crippen molar-refractivity contribution in [3.05, 3.63) is 41.2 Å². The molecule has 1 aliphatic heterocycles. The number of aromatic nitrogens is 1. The van der Waals surface area contributed by atoms with Crippen LogP contribution in [0.3, 0.4) is 0 Å². The molecular weight excluding hydrogens is 338 g/mol. The van der Waals surface area contributed by atoms with Gasteiger partial charge in [-0.15, -0.1) is 0 Å². The second kappa shape index (κ2) is 8.50. The van der Waals surface area contributed by atoms with Gasteiger partial charge in [0.25, 0.3) is 0 Å². The fourth-order valence-corrected chi connectivity index (χ4v) is 3.37. The highest BCUT2D eigenvalue weighted by Gasteiger charge is 2.25. The first-order chi connectivity index (χ1) is 12.2. The monoisotopic (exact) mass is 361 g/mol. The highest BCUT2D eigenvalue weighted by molar-refractivity contribution is 6.30. The number of hydrogen-bond acceptors (Lipinski definition) is 4. The third-order valence-corrected chi connectivity index (χ3v) is 4.76. The summed E-state index contributed by atoms with van der Waals surface area (Å²) >= 11 is 5.91. The SMILES string of the molecule is CCCN(C(=O)Cc1coc(-c2ccc(Cl)cc2)n1)C1CCNCC1. The zero-order valence-corrected chi connectivity index (χ0v) is 15.3. The number of amides is 1. The van der Waals surface area contributed by atoms with Crippen molar-refractivity contribution < 1.29 is 9.21 Å². The molecule has 0 bridgehead atoms.